The Morgan fingerprint density at radius 3 is 3.05 bits per heavy atom. The Hall–Kier alpha value is -0.650. The minimum Gasteiger partial charge on any atom is -0.374 e. The predicted molar refractivity (Wildman–Crippen MR) is 73.0 cm³/mol. The van der Waals surface area contributed by atoms with Crippen LogP contribution in [0.25, 0.3) is 0 Å². The number of hydrogen-bond acceptors (Lipinski definition) is 4. The third kappa shape index (κ3) is 3.09. The standard InChI is InChI=1S/C14H25N3O2/c18-14(11-16-7-2-5-15-6-8-16)17-9-10-19-13-4-1-3-12(13)17/h12-13,15H,1-11H2. The summed E-state index contributed by atoms with van der Waals surface area (Å²) < 4.78 is 5.77. The predicted octanol–water partition coefficient (Wildman–Crippen LogP) is 0.0616. The van der Waals surface area contributed by atoms with Crippen LogP contribution in [0.5, 0.6) is 0 Å². The summed E-state index contributed by atoms with van der Waals surface area (Å²) in [6.07, 6.45) is 4.90. The lowest BCUT2D eigenvalue weighted by Crippen LogP contribution is -2.54. The number of amides is 1. The third-order valence-corrected chi connectivity index (χ3v) is 4.59. The van der Waals surface area contributed by atoms with Gasteiger partial charge >= 0.3 is 0 Å². The summed E-state index contributed by atoms with van der Waals surface area (Å²) in [6, 6.07) is 0.353. The molecular formula is C14H25N3O2. The summed E-state index contributed by atoms with van der Waals surface area (Å²) in [4.78, 5) is 16.9. The molecule has 0 spiro atoms. The molecule has 2 unspecified atom stereocenters. The fourth-order valence-corrected chi connectivity index (χ4v) is 3.58. The van der Waals surface area contributed by atoms with E-state index in [1.165, 1.54) is 6.42 Å². The van der Waals surface area contributed by atoms with Crippen LogP contribution in [-0.4, -0.2) is 73.7 Å². The third-order valence-electron chi connectivity index (χ3n) is 4.59. The van der Waals surface area contributed by atoms with Crippen LogP contribution in [0.4, 0.5) is 0 Å². The average molecular weight is 267 g/mol. The molecule has 5 nitrogen and oxygen atoms in total. The van der Waals surface area contributed by atoms with E-state index in [1.807, 2.05) is 0 Å². The number of nitrogens with zero attached hydrogens (tertiary/aromatic N) is 2. The van der Waals surface area contributed by atoms with Crippen LogP contribution in [-0.2, 0) is 9.53 Å². The molecule has 19 heavy (non-hydrogen) atoms. The molecule has 1 N–H and O–H groups in total. The zero-order chi connectivity index (χ0) is 13.1. The van der Waals surface area contributed by atoms with E-state index >= 15 is 0 Å². The van der Waals surface area contributed by atoms with Crippen molar-refractivity contribution in [3.05, 3.63) is 0 Å². The number of carbonyl (C=O) groups is 1. The summed E-state index contributed by atoms with van der Waals surface area (Å²) in [7, 11) is 0. The summed E-state index contributed by atoms with van der Waals surface area (Å²) >= 11 is 0. The number of nitrogens with one attached hydrogen (secondary N) is 1. The first kappa shape index (κ1) is 13.3. The smallest absolute Gasteiger partial charge is 0.237 e. The van der Waals surface area contributed by atoms with Gasteiger partial charge in [-0.3, -0.25) is 9.69 Å². The van der Waals surface area contributed by atoms with Crippen LogP contribution in [0.15, 0.2) is 0 Å². The van der Waals surface area contributed by atoms with E-state index < -0.39 is 0 Å². The van der Waals surface area contributed by atoms with E-state index in [0.29, 0.717) is 31.2 Å². The second-order valence-electron chi connectivity index (χ2n) is 5.87. The van der Waals surface area contributed by atoms with Crippen LogP contribution < -0.4 is 5.32 Å². The number of fused-ring (bicyclic) bond motifs is 1. The molecule has 2 heterocycles. The van der Waals surface area contributed by atoms with Gasteiger partial charge in [-0.2, -0.15) is 0 Å². The van der Waals surface area contributed by atoms with Gasteiger partial charge in [0.25, 0.3) is 0 Å². The van der Waals surface area contributed by atoms with E-state index in [2.05, 4.69) is 15.1 Å². The molecular weight excluding hydrogens is 242 g/mol. The van der Waals surface area contributed by atoms with E-state index in [4.69, 9.17) is 4.74 Å². The first-order chi connectivity index (χ1) is 9.34. The Labute approximate surface area is 115 Å². The second kappa shape index (κ2) is 6.20. The number of hydrogen-bond donors (Lipinski definition) is 1. The number of rotatable bonds is 2. The maximum Gasteiger partial charge on any atom is 0.237 e. The number of morpholine rings is 1. The molecule has 1 aliphatic carbocycles. The Morgan fingerprint density at radius 2 is 2.11 bits per heavy atom. The van der Waals surface area contributed by atoms with Gasteiger partial charge in [0.05, 0.1) is 25.3 Å². The Kier molecular flexibility index (Phi) is 4.35. The molecule has 0 aromatic rings. The summed E-state index contributed by atoms with van der Waals surface area (Å²) in [6.45, 7) is 6.20. The quantitative estimate of drug-likeness (QED) is 0.768. The van der Waals surface area contributed by atoms with Crippen molar-refractivity contribution in [1.29, 1.82) is 0 Å². The zero-order valence-corrected chi connectivity index (χ0v) is 11.6. The summed E-state index contributed by atoms with van der Waals surface area (Å²) in [5, 5.41) is 3.38. The van der Waals surface area contributed by atoms with E-state index in [1.54, 1.807) is 0 Å². The Bertz CT molecular complexity index is 316. The first-order valence-electron chi connectivity index (χ1n) is 7.69. The lowest BCUT2D eigenvalue weighted by Gasteiger charge is -2.38. The average Bonchev–Trinajstić information content (AvgIpc) is 2.76. The maximum atomic E-state index is 12.5. The Morgan fingerprint density at radius 1 is 1.16 bits per heavy atom. The molecule has 3 rings (SSSR count). The first-order valence-corrected chi connectivity index (χ1v) is 7.69. The van der Waals surface area contributed by atoms with Crippen molar-refractivity contribution in [3.8, 4) is 0 Å². The molecule has 0 radical (unpaired) electrons. The van der Waals surface area contributed by atoms with Crippen LogP contribution in [0.3, 0.4) is 0 Å². The molecule has 2 aliphatic heterocycles. The van der Waals surface area contributed by atoms with Crippen molar-refractivity contribution in [1.82, 2.24) is 15.1 Å². The van der Waals surface area contributed by atoms with Gasteiger partial charge in [-0.25, -0.2) is 0 Å². The summed E-state index contributed by atoms with van der Waals surface area (Å²) in [5.74, 6) is 0.308. The lowest BCUT2D eigenvalue weighted by atomic mass is 10.1. The van der Waals surface area contributed by atoms with Gasteiger partial charge in [0.2, 0.25) is 5.91 Å². The van der Waals surface area contributed by atoms with Crippen LogP contribution in [0, 0.1) is 0 Å². The SMILES string of the molecule is O=C(CN1CCCNCC1)N1CCOC2CCCC21. The molecule has 3 fully saturated rings. The molecule has 1 saturated carbocycles. The van der Waals surface area contributed by atoms with Crippen molar-refractivity contribution in [2.75, 3.05) is 45.9 Å². The molecule has 5 heteroatoms. The van der Waals surface area contributed by atoms with Crippen LogP contribution in [0.2, 0.25) is 0 Å². The fraction of sp³-hybridized carbons (Fsp3) is 0.929. The van der Waals surface area contributed by atoms with Gasteiger partial charge in [0, 0.05) is 19.6 Å². The molecule has 2 saturated heterocycles. The van der Waals surface area contributed by atoms with Crippen molar-refractivity contribution in [2.24, 2.45) is 0 Å². The van der Waals surface area contributed by atoms with Crippen LogP contribution >= 0.6 is 0 Å². The van der Waals surface area contributed by atoms with Gasteiger partial charge in [0.1, 0.15) is 0 Å². The second-order valence-corrected chi connectivity index (χ2v) is 5.87. The van der Waals surface area contributed by atoms with Crippen molar-refractivity contribution in [3.63, 3.8) is 0 Å². The molecule has 0 bridgehead atoms. The highest BCUT2D eigenvalue weighted by Crippen LogP contribution is 2.29. The van der Waals surface area contributed by atoms with Crippen molar-refractivity contribution < 1.29 is 9.53 Å². The molecule has 3 aliphatic rings. The van der Waals surface area contributed by atoms with Gasteiger partial charge in [-0.15, -0.1) is 0 Å². The molecule has 0 aromatic carbocycles. The zero-order valence-electron chi connectivity index (χ0n) is 11.6. The molecule has 1 amide bonds. The monoisotopic (exact) mass is 267 g/mol. The Balaban J connectivity index is 1.56. The van der Waals surface area contributed by atoms with Gasteiger partial charge in [-0.1, -0.05) is 0 Å². The maximum absolute atomic E-state index is 12.5. The summed E-state index contributed by atoms with van der Waals surface area (Å²) in [5.41, 5.74) is 0. The van der Waals surface area contributed by atoms with Gasteiger partial charge in [-0.05, 0) is 38.8 Å². The highest BCUT2D eigenvalue weighted by Gasteiger charge is 2.38. The van der Waals surface area contributed by atoms with Gasteiger partial charge < -0.3 is 15.0 Å². The minimum atomic E-state index is 0.308. The minimum absolute atomic E-state index is 0.308. The normalized spacial score (nSPS) is 32.9. The lowest BCUT2D eigenvalue weighted by molar-refractivity contribution is -0.145. The van der Waals surface area contributed by atoms with E-state index in [-0.39, 0.29) is 0 Å². The van der Waals surface area contributed by atoms with Crippen molar-refractivity contribution in [2.45, 2.75) is 37.8 Å². The fourth-order valence-electron chi connectivity index (χ4n) is 3.58. The van der Waals surface area contributed by atoms with E-state index in [0.717, 1.165) is 52.0 Å². The van der Waals surface area contributed by atoms with E-state index in [9.17, 15) is 4.79 Å². The topological polar surface area (TPSA) is 44.8 Å². The number of ether oxygens (including phenoxy) is 1. The van der Waals surface area contributed by atoms with Gasteiger partial charge in [0.15, 0.2) is 0 Å². The molecule has 108 valence electrons. The van der Waals surface area contributed by atoms with Crippen molar-refractivity contribution >= 4 is 5.91 Å². The molecule has 2 atom stereocenters. The molecule has 0 aromatic heterocycles. The largest absolute Gasteiger partial charge is 0.374 e. The number of carbonyl (C=O) groups excluding carboxylic acids is 1. The highest BCUT2D eigenvalue weighted by molar-refractivity contribution is 5.78. The van der Waals surface area contributed by atoms with Crippen LogP contribution in [0.1, 0.15) is 25.7 Å². The highest BCUT2D eigenvalue weighted by atomic mass is 16.5.